The Hall–Kier alpha value is -1.72. The molecule has 0 spiro atoms. The number of halogens is 3. The molecule has 0 radical (unpaired) electrons. The van der Waals surface area contributed by atoms with E-state index < -0.39 is 12.6 Å². The molecule has 2 N–H and O–H groups in total. The molecule has 21 heavy (non-hydrogen) atoms. The molecule has 1 aliphatic rings. The Labute approximate surface area is 121 Å². The van der Waals surface area contributed by atoms with Gasteiger partial charge in [-0.1, -0.05) is 6.07 Å². The molecule has 0 unspecified atom stereocenters. The quantitative estimate of drug-likeness (QED) is 0.847. The molecule has 0 aliphatic heterocycles. The second-order valence-corrected chi connectivity index (χ2v) is 5.63. The van der Waals surface area contributed by atoms with Crippen LogP contribution in [0, 0.1) is 12.8 Å². The zero-order valence-corrected chi connectivity index (χ0v) is 11.9. The highest BCUT2D eigenvalue weighted by molar-refractivity contribution is 5.96. The Morgan fingerprint density at radius 1 is 1.38 bits per heavy atom. The zero-order chi connectivity index (χ0) is 15.6. The minimum Gasteiger partial charge on any atom is -0.399 e. The minimum atomic E-state index is -4.26. The average Bonchev–Trinajstić information content (AvgIpc) is 3.19. The Balaban J connectivity index is 2.14. The summed E-state index contributed by atoms with van der Waals surface area (Å²) in [5.41, 5.74) is 7.22. The molecule has 0 bridgehead atoms. The first-order valence-corrected chi connectivity index (χ1v) is 6.98. The number of carbonyl (C=O) groups excluding carboxylic acids is 1. The number of nitrogens with zero attached hydrogens (tertiary/aromatic N) is 1. The predicted octanol–water partition coefficient (Wildman–Crippen LogP) is 3.38. The number of benzene rings is 1. The summed E-state index contributed by atoms with van der Waals surface area (Å²) >= 11 is 0. The van der Waals surface area contributed by atoms with Crippen LogP contribution in [0.15, 0.2) is 18.2 Å². The van der Waals surface area contributed by atoms with Crippen LogP contribution in [-0.2, 0) is 0 Å². The van der Waals surface area contributed by atoms with E-state index in [0.717, 1.165) is 18.4 Å². The molecule has 116 valence electrons. The SMILES string of the molecule is Cc1ccc(N)cc1C(=O)N(CCC(F)(F)F)CC1CC1. The number of carbonyl (C=O) groups is 1. The number of hydrogen-bond acceptors (Lipinski definition) is 2. The molecule has 2 rings (SSSR count). The van der Waals surface area contributed by atoms with Crippen molar-refractivity contribution in [3.05, 3.63) is 29.3 Å². The first-order valence-electron chi connectivity index (χ1n) is 6.98. The minimum absolute atomic E-state index is 0.299. The van der Waals surface area contributed by atoms with Crippen LogP contribution >= 0.6 is 0 Å². The fourth-order valence-corrected chi connectivity index (χ4v) is 2.19. The third-order valence-corrected chi connectivity index (χ3v) is 3.62. The highest BCUT2D eigenvalue weighted by Crippen LogP contribution is 2.31. The van der Waals surface area contributed by atoms with E-state index in [1.807, 2.05) is 0 Å². The lowest BCUT2D eigenvalue weighted by atomic mass is 10.1. The van der Waals surface area contributed by atoms with Gasteiger partial charge in [-0.25, -0.2) is 0 Å². The molecule has 1 aromatic carbocycles. The van der Waals surface area contributed by atoms with Gasteiger partial charge in [-0.3, -0.25) is 4.79 Å². The summed E-state index contributed by atoms with van der Waals surface area (Å²) < 4.78 is 37.3. The van der Waals surface area contributed by atoms with Crippen LogP contribution in [0.25, 0.3) is 0 Å². The normalized spacial score (nSPS) is 15.0. The Morgan fingerprint density at radius 2 is 2.05 bits per heavy atom. The van der Waals surface area contributed by atoms with Crippen LogP contribution in [0.1, 0.15) is 35.2 Å². The molecular formula is C15H19F3N2O. The number of rotatable bonds is 5. The van der Waals surface area contributed by atoms with Crippen molar-refractivity contribution in [2.45, 2.75) is 32.4 Å². The van der Waals surface area contributed by atoms with E-state index in [-0.39, 0.29) is 12.5 Å². The van der Waals surface area contributed by atoms with Gasteiger partial charge in [0.2, 0.25) is 0 Å². The van der Waals surface area contributed by atoms with Crippen LogP contribution in [0.2, 0.25) is 0 Å². The molecule has 0 aromatic heterocycles. The van der Waals surface area contributed by atoms with E-state index in [9.17, 15) is 18.0 Å². The van der Waals surface area contributed by atoms with E-state index >= 15 is 0 Å². The summed E-state index contributed by atoms with van der Waals surface area (Å²) in [6.45, 7) is 1.85. The maximum atomic E-state index is 12.5. The molecule has 1 fully saturated rings. The number of anilines is 1. The van der Waals surface area contributed by atoms with Gasteiger partial charge in [0.05, 0.1) is 6.42 Å². The zero-order valence-electron chi connectivity index (χ0n) is 11.9. The lowest BCUT2D eigenvalue weighted by Gasteiger charge is -2.24. The molecular weight excluding hydrogens is 281 g/mol. The van der Waals surface area contributed by atoms with E-state index in [0.29, 0.717) is 23.7 Å². The van der Waals surface area contributed by atoms with Crippen molar-refractivity contribution < 1.29 is 18.0 Å². The summed E-state index contributed by atoms with van der Waals surface area (Å²) in [4.78, 5) is 13.8. The van der Waals surface area contributed by atoms with Crippen molar-refractivity contribution in [3.63, 3.8) is 0 Å². The molecule has 6 heteroatoms. The van der Waals surface area contributed by atoms with E-state index in [1.165, 1.54) is 11.0 Å². The lowest BCUT2D eigenvalue weighted by molar-refractivity contribution is -0.136. The maximum absolute atomic E-state index is 12.5. The number of amides is 1. The smallest absolute Gasteiger partial charge is 0.390 e. The molecule has 1 saturated carbocycles. The van der Waals surface area contributed by atoms with E-state index in [4.69, 9.17) is 5.73 Å². The van der Waals surface area contributed by atoms with Crippen molar-refractivity contribution >= 4 is 11.6 Å². The number of nitrogens with two attached hydrogens (primary N) is 1. The largest absolute Gasteiger partial charge is 0.399 e. The fraction of sp³-hybridized carbons (Fsp3) is 0.533. The summed E-state index contributed by atoms with van der Waals surface area (Å²) in [7, 11) is 0. The van der Waals surface area contributed by atoms with E-state index in [2.05, 4.69) is 0 Å². The number of nitrogen functional groups attached to an aromatic ring is 1. The maximum Gasteiger partial charge on any atom is 0.390 e. The van der Waals surface area contributed by atoms with Crippen LogP contribution < -0.4 is 5.73 Å². The second kappa shape index (κ2) is 5.95. The molecule has 1 amide bonds. The molecule has 0 atom stereocenters. The van der Waals surface area contributed by atoms with Crippen molar-refractivity contribution in [2.75, 3.05) is 18.8 Å². The van der Waals surface area contributed by atoms with Gasteiger partial charge in [-0.2, -0.15) is 13.2 Å². The number of alkyl halides is 3. The third-order valence-electron chi connectivity index (χ3n) is 3.62. The van der Waals surface area contributed by atoms with Gasteiger partial charge in [0.1, 0.15) is 0 Å². The fourth-order valence-electron chi connectivity index (χ4n) is 2.19. The van der Waals surface area contributed by atoms with Gasteiger partial charge in [-0.05, 0) is 43.4 Å². The Morgan fingerprint density at radius 3 is 2.62 bits per heavy atom. The van der Waals surface area contributed by atoms with Crippen LogP contribution in [0.3, 0.4) is 0 Å². The van der Waals surface area contributed by atoms with Crippen molar-refractivity contribution in [1.29, 1.82) is 0 Å². The van der Waals surface area contributed by atoms with Gasteiger partial charge in [-0.15, -0.1) is 0 Å². The number of hydrogen-bond donors (Lipinski definition) is 1. The molecule has 1 aromatic rings. The monoisotopic (exact) mass is 300 g/mol. The van der Waals surface area contributed by atoms with Crippen LogP contribution in [0.5, 0.6) is 0 Å². The van der Waals surface area contributed by atoms with Gasteiger partial charge < -0.3 is 10.6 Å². The highest BCUT2D eigenvalue weighted by Gasteiger charge is 2.32. The van der Waals surface area contributed by atoms with Crippen LogP contribution in [0.4, 0.5) is 18.9 Å². The first-order chi connectivity index (χ1) is 9.76. The van der Waals surface area contributed by atoms with Gasteiger partial charge >= 0.3 is 6.18 Å². The summed E-state index contributed by atoms with van der Waals surface area (Å²) in [6, 6.07) is 4.92. The first kappa shape index (κ1) is 15.7. The van der Waals surface area contributed by atoms with Gasteiger partial charge in [0.25, 0.3) is 5.91 Å². The summed E-state index contributed by atoms with van der Waals surface area (Å²) in [5, 5.41) is 0. The van der Waals surface area contributed by atoms with Gasteiger partial charge in [0.15, 0.2) is 0 Å². The highest BCUT2D eigenvalue weighted by atomic mass is 19.4. The molecule has 0 saturated heterocycles. The summed E-state index contributed by atoms with van der Waals surface area (Å²) in [5.74, 6) is -0.0282. The Bertz CT molecular complexity index is 524. The lowest BCUT2D eigenvalue weighted by Crippen LogP contribution is -2.36. The standard InChI is InChI=1S/C15H19F3N2O/c1-10-2-5-12(19)8-13(10)14(21)20(9-11-3-4-11)7-6-15(16,17)18/h2,5,8,11H,3-4,6-7,9,19H2,1H3. The van der Waals surface area contributed by atoms with E-state index in [1.54, 1.807) is 19.1 Å². The average molecular weight is 300 g/mol. The van der Waals surface area contributed by atoms with Gasteiger partial charge in [0, 0.05) is 24.3 Å². The summed E-state index contributed by atoms with van der Waals surface area (Å²) in [6.07, 6.45) is -3.28. The number of aryl methyl sites for hydroxylation is 1. The van der Waals surface area contributed by atoms with Crippen molar-refractivity contribution in [2.24, 2.45) is 5.92 Å². The Kier molecular flexibility index (Phi) is 4.44. The van der Waals surface area contributed by atoms with Crippen molar-refractivity contribution in [1.82, 2.24) is 4.90 Å². The topological polar surface area (TPSA) is 46.3 Å². The third kappa shape index (κ3) is 4.65. The predicted molar refractivity (Wildman–Crippen MR) is 74.9 cm³/mol. The molecule has 0 heterocycles. The second-order valence-electron chi connectivity index (χ2n) is 5.63. The van der Waals surface area contributed by atoms with Crippen LogP contribution in [-0.4, -0.2) is 30.1 Å². The van der Waals surface area contributed by atoms with Crippen molar-refractivity contribution in [3.8, 4) is 0 Å². The molecule has 3 nitrogen and oxygen atoms in total. The molecule has 1 aliphatic carbocycles.